The van der Waals surface area contributed by atoms with Crippen LogP contribution >= 0.6 is 0 Å². The summed E-state index contributed by atoms with van der Waals surface area (Å²) in [6, 6.07) is 8.46. The zero-order valence-corrected chi connectivity index (χ0v) is 13.6. The van der Waals surface area contributed by atoms with Crippen LogP contribution in [0.25, 0.3) is 0 Å². The normalized spacial score (nSPS) is 12.3. The van der Waals surface area contributed by atoms with Gasteiger partial charge in [-0.25, -0.2) is 0 Å². The molecule has 1 aromatic carbocycles. The van der Waals surface area contributed by atoms with Crippen molar-refractivity contribution in [3.05, 3.63) is 35.4 Å². The van der Waals surface area contributed by atoms with Crippen molar-refractivity contribution in [2.45, 2.75) is 26.0 Å². The van der Waals surface area contributed by atoms with Gasteiger partial charge in [0.05, 0.1) is 12.7 Å². The van der Waals surface area contributed by atoms with Crippen LogP contribution < -0.4 is 0 Å². The third-order valence-corrected chi connectivity index (χ3v) is 3.31. The molecule has 1 rings (SSSR count). The van der Waals surface area contributed by atoms with E-state index in [-0.39, 0.29) is 13.2 Å². The molecule has 0 amide bonds. The number of nitrogens with zero attached hydrogens (tertiary/aromatic N) is 1. The van der Waals surface area contributed by atoms with E-state index in [1.165, 1.54) is 11.1 Å². The Bertz CT molecular complexity index is 439. The zero-order chi connectivity index (χ0) is 16.2. The molecule has 1 aromatic rings. The number of aryl methyl sites for hydroxylation is 1. The van der Waals surface area contributed by atoms with Crippen molar-refractivity contribution in [1.29, 1.82) is 0 Å². The van der Waals surface area contributed by atoms with Crippen molar-refractivity contribution < 1.29 is 14.6 Å². The number of rotatable bonds is 11. The van der Waals surface area contributed by atoms with E-state index >= 15 is 0 Å². The summed E-state index contributed by atoms with van der Waals surface area (Å²) in [4.78, 5) is 2.22. The molecule has 0 aliphatic carbocycles. The van der Waals surface area contributed by atoms with Crippen molar-refractivity contribution in [1.82, 2.24) is 4.90 Å². The smallest absolute Gasteiger partial charge is 0.107 e. The maximum absolute atomic E-state index is 10.1. The van der Waals surface area contributed by atoms with Gasteiger partial charge in [0.25, 0.3) is 0 Å². The quantitative estimate of drug-likeness (QED) is 0.500. The zero-order valence-electron chi connectivity index (χ0n) is 13.6. The van der Waals surface area contributed by atoms with Gasteiger partial charge in [-0.2, -0.15) is 0 Å². The van der Waals surface area contributed by atoms with Gasteiger partial charge in [-0.05, 0) is 18.9 Å². The van der Waals surface area contributed by atoms with Crippen LogP contribution in [0.1, 0.15) is 17.5 Å². The van der Waals surface area contributed by atoms with E-state index in [2.05, 4.69) is 42.0 Å². The Kier molecular flexibility index (Phi) is 9.52. The highest BCUT2D eigenvalue weighted by Gasteiger charge is 2.12. The molecule has 0 saturated heterocycles. The maximum Gasteiger partial charge on any atom is 0.107 e. The van der Waals surface area contributed by atoms with Crippen LogP contribution in [0.15, 0.2) is 24.3 Å². The second kappa shape index (κ2) is 11.2. The third kappa shape index (κ3) is 8.16. The molecule has 0 aliphatic heterocycles. The molecule has 22 heavy (non-hydrogen) atoms. The van der Waals surface area contributed by atoms with E-state index in [0.29, 0.717) is 13.2 Å². The Labute approximate surface area is 134 Å². The SMILES string of the molecule is C#CCOC[C@@H](O)CN(CCCOC)Cc1ccc(C)cc1. The molecule has 4 heteroatoms. The number of terminal acetylenes is 1. The summed E-state index contributed by atoms with van der Waals surface area (Å²) < 4.78 is 10.3. The third-order valence-electron chi connectivity index (χ3n) is 3.31. The molecule has 0 spiro atoms. The molecular weight excluding hydrogens is 278 g/mol. The number of benzene rings is 1. The van der Waals surface area contributed by atoms with Gasteiger partial charge in [0.1, 0.15) is 6.61 Å². The predicted octanol–water partition coefficient (Wildman–Crippen LogP) is 1.84. The molecule has 0 saturated carbocycles. The van der Waals surface area contributed by atoms with Crippen molar-refractivity contribution in [3.8, 4) is 12.3 Å². The minimum atomic E-state index is -0.540. The Morgan fingerprint density at radius 3 is 2.68 bits per heavy atom. The minimum absolute atomic E-state index is 0.235. The van der Waals surface area contributed by atoms with Gasteiger partial charge in [-0.3, -0.25) is 4.90 Å². The van der Waals surface area contributed by atoms with Crippen molar-refractivity contribution in [2.75, 3.05) is 40.0 Å². The minimum Gasteiger partial charge on any atom is -0.389 e. The van der Waals surface area contributed by atoms with Gasteiger partial charge >= 0.3 is 0 Å². The first-order valence-electron chi connectivity index (χ1n) is 7.61. The fourth-order valence-electron chi connectivity index (χ4n) is 2.22. The van der Waals surface area contributed by atoms with Crippen LogP contribution in [0.5, 0.6) is 0 Å². The van der Waals surface area contributed by atoms with Crippen LogP contribution in [-0.4, -0.2) is 56.1 Å². The summed E-state index contributed by atoms with van der Waals surface area (Å²) in [5, 5.41) is 10.1. The first kappa shape index (κ1) is 18.7. The molecule has 122 valence electrons. The molecular formula is C18H27NO3. The van der Waals surface area contributed by atoms with Crippen molar-refractivity contribution in [3.63, 3.8) is 0 Å². The fourth-order valence-corrected chi connectivity index (χ4v) is 2.22. The molecule has 4 nitrogen and oxygen atoms in total. The predicted molar refractivity (Wildman–Crippen MR) is 88.6 cm³/mol. The number of hydrogen-bond acceptors (Lipinski definition) is 4. The highest BCUT2D eigenvalue weighted by Crippen LogP contribution is 2.08. The molecule has 0 aromatic heterocycles. The lowest BCUT2D eigenvalue weighted by molar-refractivity contribution is 0.0244. The van der Waals surface area contributed by atoms with Crippen LogP contribution in [0.3, 0.4) is 0 Å². The summed E-state index contributed by atoms with van der Waals surface area (Å²) in [6.45, 7) is 5.52. The number of hydrogen-bond donors (Lipinski definition) is 1. The highest BCUT2D eigenvalue weighted by molar-refractivity contribution is 5.21. The van der Waals surface area contributed by atoms with Gasteiger partial charge in [0, 0.05) is 33.4 Å². The second-order valence-electron chi connectivity index (χ2n) is 5.44. The molecule has 1 atom stereocenters. The number of aliphatic hydroxyl groups is 1. The van der Waals surface area contributed by atoms with Gasteiger partial charge in [-0.1, -0.05) is 35.7 Å². The highest BCUT2D eigenvalue weighted by atomic mass is 16.5. The van der Waals surface area contributed by atoms with Crippen molar-refractivity contribution in [2.24, 2.45) is 0 Å². The lowest BCUT2D eigenvalue weighted by atomic mass is 10.1. The van der Waals surface area contributed by atoms with Crippen LogP contribution in [0.2, 0.25) is 0 Å². The Balaban J connectivity index is 2.51. The van der Waals surface area contributed by atoms with E-state index in [0.717, 1.165) is 19.5 Å². The Morgan fingerprint density at radius 2 is 2.05 bits per heavy atom. The lowest BCUT2D eigenvalue weighted by Crippen LogP contribution is -2.35. The van der Waals surface area contributed by atoms with E-state index in [1.807, 2.05) is 0 Å². The van der Waals surface area contributed by atoms with Crippen LogP contribution in [0, 0.1) is 19.3 Å². The second-order valence-corrected chi connectivity index (χ2v) is 5.44. The van der Waals surface area contributed by atoms with Gasteiger partial charge < -0.3 is 14.6 Å². The molecule has 0 fully saturated rings. The van der Waals surface area contributed by atoms with Crippen LogP contribution in [-0.2, 0) is 16.0 Å². The summed E-state index contributed by atoms with van der Waals surface area (Å²) in [7, 11) is 1.70. The average molecular weight is 305 g/mol. The van der Waals surface area contributed by atoms with Gasteiger partial charge in [0.2, 0.25) is 0 Å². The average Bonchev–Trinajstić information content (AvgIpc) is 2.50. The monoisotopic (exact) mass is 305 g/mol. The molecule has 0 heterocycles. The van der Waals surface area contributed by atoms with Crippen molar-refractivity contribution >= 4 is 0 Å². The topological polar surface area (TPSA) is 41.9 Å². The first-order valence-corrected chi connectivity index (χ1v) is 7.61. The van der Waals surface area contributed by atoms with E-state index in [1.54, 1.807) is 7.11 Å². The van der Waals surface area contributed by atoms with E-state index < -0.39 is 6.10 Å². The largest absolute Gasteiger partial charge is 0.389 e. The Hall–Kier alpha value is -1.38. The first-order chi connectivity index (χ1) is 10.7. The molecule has 1 N–H and O–H groups in total. The molecule has 0 unspecified atom stereocenters. The number of ether oxygens (including phenoxy) is 2. The summed E-state index contributed by atoms with van der Waals surface area (Å²) >= 11 is 0. The molecule has 0 bridgehead atoms. The standard InChI is InChI=1S/C18H27NO3/c1-4-11-22-15-18(20)14-19(10-5-12-21-3)13-17-8-6-16(2)7-9-17/h1,6-9,18,20H,5,10-15H2,2-3H3/t18-/m0/s1. The number of methoxy groups -OCH3 is 1. The molecule has 0 aliphatic rings. The summed E-state index contributed by atoms with van der Waals surface area (Å²) in [6.07, 6.45) is 5.52. The maximum atomic E-state index is 10.1. The van der Waals surface area contributed by atoms with E-state index in [9.17, 15) is 5.11 Å². The van der Waals surface area contributed by atoms with Gasteiger partial charge in [0.15, 0.2) is 0 Å². The molecule has 0 radical (unpaired) electrons. The number of aliphatic hydroxyl groups excluding tert-OH is 1. The van der Waals surface area contributed by atoms with Crippen LogP contribution in [0.4, 0.5) is 0 Å². The Morgan fingerprint density at radius 1 is 1.32 bits per heavy atom. The van der Waals surface area contributed by atoms with Gasteiger partial charge in [-0.15, -0.1) is 6.42 Å². The van der Waals surface area contributed by atoms with E-state index in [4.69, 9.17) is 15.9 Å². The lowest BCUT2D eigenvalue weighted by Gasteiger charge is -2.25. The summed E-state index contributed by atoms with van der Waals surface area (Å²) in [5.41, 5.74) is 2.48. The fraction of sp³-hybridized carbons (Fsp3) is 0.556. The summed E-state index contributed by atoms with van der Waals surface area (Å²) in [5.74, 6) is 2.40.